The van der Waals surface area contributed by atoms with Crippen molar-refractivity contribution < 1.29 is 17.9 Å². The average molecular weight is 448 g/mol. The molecule has 4 atom stereocenters. The normalized spacial score (nSPS) is 30.5. The first-order chi connectivity index (χ1) is 15.4. The van der Waals surface area contributed by atoms with Crippen LogP contribution in [0.3, 0.4) is 0 Å². The summed E-state index contributed by atoms with van der Waals surface area (Å²) in [6.07, 6.45) is 1.66. The highest BCUT2D eigenvalue weighted by Crippen LogP contribution is 2.64. The van der Waals surface area contributed by atoms with Crippen LogP contribution in [0, 0.1) is 17.8 Å². The summed E-state index contributed by atoms with van der Waals surface area (Å²) in [5.41, 5.74) is 6.72. The van der Waals surface area contributed by atoms with E-state index in [0.29, 0.717) is 41.0 Å². The topological polar surface area (TPSA) is 69.2 Å². The van der Waals surface area contributed by atoms with E-state index in [0.717, 1.165) is 38.9 Å². The summed E-state index contributed by atoms with van der Waals surface area (Å²) < 4.78 is 47.6. The molecule has 32 heavy (non-hydrogen) atoms. The second-order valence-electron chi connectivity index (χ2n) is 9.86. The molecular formula is C23H28F3N5O. The lowest BCUT2D eigenvalue weighted by atomic mass is 10.0. The Hall–Kier alpha value is -2.13. The Labute approximate surface area is 184 Å². The molecule has 2 N–H and O–H groups in total. The number of nitrogens with zero attached hydrogens (tertiary/aromatic N) is 4. The summed E-state index contributed by atoms with van der Waals surface area (Å²) in [6.45, 7) is 4.53. The molecule has 0 spiro atoms. The number of nitrogen functional groups attached to an aromatic ring is 1. The predicted octanol–water partition coefficient (Wildman–Crippen LogP) is 3.78. The number of anilines is 1. The van der Waals surface area contributed by atoms with Crippen LogP contribution in [0.15, 0.2) is 18.3 Å². The lowest BCUT2D eigenvalue weighted by Crippen LogP contribution is -2.43. The molecular weight excluding hydrogens is 419 g/mol. The number of halogens is 3. The molecule has 6 rings (SSSR count). The van der Waals surface area contributed by atoms with Crippen molar-refractivity contribution in [3.8, 4) is 11.3 Å². The van der Waals surface area contributed by atoms with Gasteiger partial charge in [-0.05, 0) is 55.6 Å². The maximum absolute atomic E-state index is 13.3. The molecule has 0 aromatic carbocycles. The Morgan fingerprint density at radius 3 is 2.47 bits per heavy atom. The number of hydrogen-bond donors (Lipinski definition) is 1. The zero-order valence-corrected chi connectivity index (χ0v) is 17.9. The molecule has 4 aliphatic rings. The number of hydrogen-bond acceptors (Lipinski definition) is 5. The summed E-state index contributed by atoms with van der Waals surface area (Å²) in [5.74, 6) is 1.92. The van der Waals surface area contributed by atoms with Crippen molar-refractivity contribution in [1.82, 2.24) is 19.7 Å². The van der Waals surface area contributed by atoms with Gasteiger partial charge in [-0.2, -0.15) is 18.3 Å². The summed E-state index contributed by atoms with van der Waals surface area (Å²) in [6, 6.07) is 3.72. The van der Waals surface area contributed by atoms with Gasteiger partial charge < -0.3 is 10.5 Å². The van der Waals surface area contributed by atoms with Crippen LogP contribution in [-0.4, -0.2) is 52.0 Å². The Balaban J connectivity index is 1.25. The third kappa shape index (κ3) is 3.69. The van der Waals surface area contributed by atoms with E-state index >= 15 is 0 Å². The van der Waals surface area contributed by atoms with Gasteiger partial charge in [-0.15, -0.1) is 0 Å². The van der Waals surface area contributed by atoms with Crippen LogP contribution in [-0.2, 0) is 17.5 Å². The lowest BCUT2D eigenvalue weighted by molar-refractivity contribution is -0.137. The second kappa shape index (κ2) is 7.45. The number of ether oxygens (including phenoxy) is 1. The van der Waals surface area contributed by atoms with Crippen LogP contribution in [0.25, 0.3) is 11.3 Å². The van der Waals surface area contributed by atoms with Crippen molar-refractivity contribution >= 4 is 5.82 Å². The Morgan fingerprint density at radius 1 is 1.09 bits per heavy atom. The standard InChI is InChI=1S/C23H28F3N5O/c24-23(25,26)18-7-14(11-28-22(18)27)19-10-20(31(29-19)12-13-1-2-13)21-16-8-15(9-17(16)21)30-3-5-32-6-4-30/h7,10-11,13,15-17,21H,1-6,8-9,12H2,(H2,27,28)/t15?,16-,17+,21?. The first-order valence-corrected chi connectivity index (χ1v) is 11.6. The fourth-order valence-corrected chi connectivity index (χ4v) is 5.87. The molecule has 2 aromatic rings. The average Bonchev–Trinajstić information content (AvgIpc) is 3.61. The van der Waals surface area contributed by atoms with Crippen molar-refractivity contribution in [2.24, 2.45) is 17.8 Å². The summed E-state index contributed by atoms with van der Waals surface area (Å²) in [4.78, 5) is 6.37. The van der Waals surface area contributed by atoms with Gasteiger partial charge in [0.05, 0.1) is 24.5 Å². The van der Waals surface area contributed by atoms with Gasteiger partial charge in [-0.25, -0.2) is 4.98 Å². The third-order valence-corrected chi connectivity index (χ3v) is 7.78. The number of nitrogens with two attached hydrogens (primary N) is 1. The minimum atomic E-state index is -4.53. The van der Waals surface area contributed by atoms with E-state index in [1.54, 1.807) is 0 Å². The van der Waals surface area contributed by atoms with Crippen LogP contribution in [0.2, 0.25) is 0 Å². The van der Waals surface area contributed by atoms with E-state index in [9.17, 15) is 13.2 Å². The fourth-order valence-electron chi connectivity index (χ4n) is 5.87. The molecule has 172 valence electrons. The van der Waals surface area contributed by atoms with Crippen LogP contribution >= 0.6 is 0 Å². The summed E-state index contributed by atoms with van der Waals surface area (Å²) in [7, 11) is 0. The van der Waals surface area contributed by atoms with Crippen molar-refractivity contribution in [3.63, 3.8) is 0 Å². The van der Waals surface area contributed by atoms with Gasteiger partial charge in [-0.3, -0.25) is 9.58 Å². The zero-order chi connectivity index (χ0) is 22.0. The van der Waals surface area contributed by atoms with Crippen molar-refractivity contribution in [3.05, 3.63) is 29.6 Å². The van der Waals surface area contributed by atoms with Gasteiger partial charge in [0.15, 0.2) is 0 Å². The van der Waals surface area contributed by atoms with E-state index in [-0.39, 0.29) is 0 Å². The van der Waals surface area contributed by atoms with Crippen LogP contribution in [0.5, 0.6) is 0 Å². The molecule has 1 aliphatic heterocycles. The first-order valence-electron chi connectivity index (χ1n) is 11.6. The highest BCUT2D eigenvalue weighted by molar-refractivity contribution is 5.63. The van der Waals surface area contributed by atoms with Gasteiger partial charge in [0.2, 0.25) is 0 Å². The number of rotatable bonds is 5. The monoisotopic (exact) mass is 447 g/mol. The van der Waals surface area contributed by atoms with Crippen LogP contribution < -0.4 is 5.73 Å². The maximum atomic E-state index is 13.3. The summed E-state index contributed by atoms with van der Waals surface area (Å²) >= 11 is 0. The molecule has 0 bridgehead atoms. The zero-order valence-electron chi connectivity index (χ0n) is 17.9. The molecule has 1 saturated heterocycles. The quantitative estimate of drug-likeness (QED) is 0.756. The SMILES string of the molecule is Nc1ncc(-c2cc(C3[C@H]4CC(N5CCOCC5)C[C@@H]34)n(CC3CC3)n2)cc1C(F)(F)F. The van der Waals surface area contributed by atoms with Crippen molar-refractivity contribution in [2.75, 3.05) is 32.0 Å². The smallest absolute Gasteiger partial charge is 0.383 e. The van der Waals surface area contributed by atoms with E-state index in [1.807, 2.05) is 6.07 Å². The van der Waals surface area contributed by atoms with Gasteiger partial charge in [0.25, 0.3) is 0 Å². The number of pyridine rings is 1. The highest BCUT2D eigenvalue weighted by atomic mass is 19.4. The van der Waals surface area contributed by atoms with Crippen molar-refractivity contribution in [2.45, 2.75) is 50.4 Å². The van der Waals surface area contributed by atoms with E-state index in [1.165, 1.54) is 37.6 Å². The molecule has 4 fully saturated rings. The molecule has 9 heteroatoms. The van der Waals surface area contributed by atoms with Crippen LogP contribution in [0.1, 0.15) is 42.9 Å². The predicted molar refractivity (Wildman–Crippen MR) is 113 cm³/mol. The number of alkyl halides is 3. The third-order valence-electron chi connectivity index (χ3n) is 7.78. The maximum Gasteiger partial charge on any atom is 0.419 e. The Bertz CT molecular complexity index is 1000. The van der Waals surface area contributed by atoms with Gasteiger partial charge in [-0.1, -0.05) is 0 Å². The van der Waals surface area contributed by atoms with Gasteiger partial charge in [0, 0.05) is 49.0 Å². The largest absolute Gasteiger partial charge is 0.419 e. The van der Waals surface area contributed by atoms with E-state index in [4.69, 9.17) is 15.6 Å². The molecule has 0 amide bonds. The minimum absolute atomic E-state index is 0.374. The molecule has 3 saturated carbocycles. The minimum Gasteiger partial charge on any atom is -0.383 e. The van der Waals surface area contributed by atoms with E-state index < -0.39 is 17.6 Å². The Morgan fingerprint density at radius 2 is 1.81 bits per heavy atom. The molecule has 0 radical (unpaired) electrons. The highest BCUT2D eigenvalue weighted by Gasteiger charge is 2.58. The number of aromatic nitrogens is 3. The van der Waals surface area contributed by atoms with Gasteiger partial charge >= 0.3 is 6.18 Å². The van der Waals surface area contributed by atoms with Crippen molar-refractivity contribution in [1.29, 1.82) is 0 Å². The Kier molecular flexibility index (Phi) is 4.77. The molecule has 2 aromatic heterocycles. The lowest BCUT2D eigenvalue weighted by Gasteiger charge is -2.33. The number of fused-ring (bicyclic) bond motifs is 1. The van der Waals surface area contributed by atoms with Gasteiger partial charge in [0.1, 0.15) is 5.82 Å². The number of morpholine rings is 1. The van der Waals surface area contributed by atoms with Crippen LogP contribution in [0.4, 0.5) is 19.0 Å². The fraction of sp³-hybridized carbons (Fsp3) is 0.652. The second-order valence-corrected chi connectivity index (χ2v) is 9.86. The molecule has 6 nitrogen and oxygen atoms in total. The summed E-state index contributed by atoms with van der Waals surface area (Å²) in [5, 5.41) is 4.75. The molecule has 2 unspecified atom stereocenters. The van der Waals surface area contributed by atoms with E-state index in [2.05, 4.69) is 14.6 Å². The molecule has 3 aliphatic carbocycles. The first kappa shape index (κ1) is 20.5. The molecule has 3 heterocycles.